The quantitative estimate of drug-likeness (QED) is 0.632. The summed E-state index contributed by atoms with van der Waals surface area (Å²) in [5, 5.41) is 0.737. The number of amides is 1. The highest BCUT2D eigenvalue weighted by molar-refractivity contribution is 6.30. The molecule has 1 aromatic heterocycles. The number of halogens is 1. The summed E-state index contributed by atoms with van der Waals surface area (Å²) < 4.78 is 11.3. The number of hydrogen-bond acceptors (Lipinski definition) is 3. The first-order valence-electron chi connectivity index (χ1n) is 10.2. The SMILES string of the molecule is O=C(c1ccc(C[NH+](Cc2ccccc2)Cc2ccc(Cl)cc2)o1)N1CCOCC1. The van der Waals surface area contributed by atoms with Crippen LogP contribution in [0.4, 0.5) is 0 Å². The molecule has 1 aliphatic rings. The first kappa shape index (κ1) is 20.7. The van der Waals surface area contributed by atoms with Crippen LogP contribution in [0.1, 0.15) is 27.4 Å². The van der Waals surface area contributed by atoms with Crippen molar-refractivity contribution in [2.75, 3.05) is 26.3 Å². The van der Waals surface area contributed by atoms with Crippen molar-refractivity contribution in [3.8, 4) is 0 Å². The van der Waals surface area contributed by atoms with Crippen LogP contribution in [-0.4, -0.2) is 37.1 Å². The highest BCUT2D eigenvalue weighted by atomic mass is 35.5. The first-order valence-corrected chi connectivity index (χ1v) is 10.6. The molecule has 0 saturated carbocycles. The molecule has 1 saturated heterocycles. The molecule has 4 rings (SSSR count). The average molecular weight is 426 g/mol. The summed E-state index contributed by atoms with van der Waals surface area (Å²) >= 11 is 6.04. The molecular formula is C24H26ClN2O3+. The predicted octanol–water partition coefficient (Wildman–Crippen LogP) is 3.19. The molecule has 1 atom stereocenters. The maximum Gasteiger partial charge on any atom is 0.289 e. The molecule has 2 heterocycles. The molecule has 0 spiro atoms. The largest absolute Gasteiger partial charge is 0.450 e. The standard InChI is InChI=1S/C24H25ClN2O3/c25-21-8-6-20(7-9-21)17-26(16-19-4-2-1-3-5-19)18-22-10-11-23(30-22)24(28)27-12-14-29-15-13-27/h1-11H,12-18H2/p+1. The third-order valence-corrected chi connectivity index (χ3v) is 5.51. The van der Waals surface area contributed by atoms with Crippen molar-refractivity contribution in [2.45, 2.75) is 19.6 Å². The fourth-order valence-corrected chi connectivity index (χ4v) is 3.85. The zero-order valence-corrected chi connectivity index (χ0v) is 17.6. The zero-order chi connectivity index (χ0) is 20.8. The highest BCUT2D eigenvalue weighted by Gasteiger charge is 2.22. The Labute approximate surface area is 181 Å². The van der Waals surface area contributed by atoms with E-state index in [0.29, 0.717) is 38.6 Å². The van der Waals surface area contributed by atoms with Gasteiger partial charge in [-0.05, 0) is 24.3 Å². The fourth-order valence-electron chi connectivity index (χ4n) is 3.72. The van der Waals surface area contributed by atoms with Crippen molar-refractivity contribution >= 4 is 17.5 Å². The third-order valence-electron chi connectivity index (χ3n) is 5.26. The molecule has 1 fully saturated rings. The summed E-state index contributed by atoms with van der Waals surface area (Å²) in [6.07, 6.45) is 0. The van der Waals surface area contributed by atoms with Gasteiger partial charge in [0.2, 0.25) is 0 Å². The highest BCUT2D eigenvalue weighted by Crippen LogP contribution is 2.13. The maximum absolute atomic E-state index is 12.7. The Kier molecular flexibility index (Phi) is 6.84. The lowest BCUT2D eigenvalue weighted by atomic mass is 10.1. The number of morpholine rings is 1. The smallest absolute Gasteiger partial charge is 0.289 e. The van der Waals surface area contributed by atoms with Crippen LogP contribution in [0.3, 0.4) is 0 Å². The number of carbonyl (C=O) groups is 1. The Morgan fingerprint density at radius 1 is 0.867 bits per heavy atom. The second-order valence-electron chi connectivity index (χ2n) is 7.56. The lowest BCUT2D eigenvalue weighted by Crippen LogP contribution is -3.08. The van der Waals surface area contributed by atoms with Gasteiger partial charge in [-0.15, -0.1) is 0 Å². The van der Waals surface area contributed by atoms with E-state index in [9.17, 15) is 4.79 Å². The van der Waals surface area contributed by atoms with E-state index in [2.05, 4.69) is 36.4 Å². The Bertz CT molecular complexity index is 950. The minimum absolute atomic E-state index is 0.0631. The molecule has 1 amide bonds. The number of ether oxygens (including phenoxy) is 1. The van der Waals surface area contributed by atoms with E-state index in [-0.39, 0.29) is 5.91 Å². The van der Waals surface area contributed by atoms with Crippen molar-refractivity contribution in [1.82, 2.24) is 4.90 Å². The minimum atomic E-state index is -0.0631. The summed E-state index contributed by atoms with van der Waals surface area (Å²) in [5.41, 5.74) is 2.47. The maximum atomic E-state index is 12.7. The van der Waals surface area contributed by atoms with Gasteiger partial charge >= 0.3 is 0 Å². The van der Waals surface area contributed by atoms with Crippen molar-refractivity contribution < 1.29 is 18.8 Å². The van der Waals surface area contributed by atoms with Crippen molar-refractivity contribution in [2.24, 2.45) is 0 Å². The van der Waals surface area contributed by atoms with Crippen LogP contribution in [0.2, 0.25) is 5.02 Å². The van der Waals surface area contributed by atoms with Crippen molar-refractivity contribution in [3.63, 3.8) is 0 Å². The molecule has 1 N–H and O–H groups in total. The molecule has 2 aromatic carbocycles. The summed E-state index contributed by atoms with van der Waals surface area (Å²) in [6.45, 7) is 4.75. The molecule has 0 bridgehead atoms. The van der Waals surface area contributed by atoms with Crippen LogP contribution >= 0.6 is 11.6 Å². The Balaban J connectivity index is 1.47. The van der Waals surface area contributed by atoms with Gasteiger partial charge in [0, 0.05) is 29.2 Å². The van der Waals surface area contributed by atoms with Gasteiger partial charge in [-0.1, -0.05) is 54.1 Å². The van der Waals surface area contributed by atoms with Gasteiger partial charge in [0.25, 0.3) is 5.91 Å². The predicted molar refractivity (Wildman–Crippen MR) is 115 cm³/mol. The summed E-state index contributed by atoms with van der Waals surface area (Å²) in [6, 6.07) is 22.1. The van der Waals surface area contributed by atoms with Gasteiger partial charge in [-0.3, -0.25) is 4.79 Å². The molecule has 3 aromatic rings. The number of furan rings is 1. The zero-order valence-electron chi connectivity index (χ0n) is 16.9. The summed E-state index contributed by atoms with van der Waals surface area (Å²) in [5.74, 6) is 1.15. The molecule has 30 heavy (non-hydrogen) atoms. The first-order chi connectivity index (χ1) is 14.7. The number of hydrogen-bond donors (Lipinski definition) is 1. The number of nitrogens with zero attached hydrogens (tertiary/aromatic N) is 1. The number of quaternary nitrogens is 1. The van der Waals surface area contributed by atoms with Crippen LogP contribution in [0.15, 0.2) is 71.1 Å². The third kappa shape index (κ3) is 5.51. The number of rotatable bonds is 7. The van der Waals surface area contributed by atoms with E-state index >= 15 is 0 Å². The normalized spacial score (nSPS) is 15.2. The van der Waals surface area contributed by atoms with Crippen molar-refractivity contribution in [1.29, 1.82) is 0 Å². The Morgan fingerprint density at radius 2 is 1.53 bits per heavy atom. The number of carbonyl (C=O) groups excluding carboxylic acids is 1. The average Bonchev–Trinajstić information content (AvgIpc) is 3.24. The fraction of sp³-hybridized carbons (Fsp3) is 0.292. The molecule has 0 aliphatic carbocycles. The van der Waals surface area contributed by atoms with Gasteiger partial charge in [0.1, 0.15) is 19.6 Å². The lowest BCUT2D eigenvalue weighted by Gasteiger charge is -2.25. The molecule has 1 unspecified atom stereocenters. The van der Waals surface area contributed by atoms with Crippen LogP contribution in [0.25, 0.3) is 0 Å². The lowest BCUT2D eigenvalue weighted by molar-refractivity contribution is -0.942. The van der Waals surface area contributed by atoms with Gasteiger partial charge in [0.15, 0.2) is 11.5 Å². The summed E-state index contributed by atoms with van der Waals surface area (Å²) in [4.78, 5) is 15.8. The van der Waals surface area contributed by atoms with E-state index in [1.54, 1.807) is 11.0 Å². The van der Waals surface area contributed by atoms with Gasteiger partial charge in [0.05, 0.1) is 13.2 Å². The topological polar surface area (TPSA) is 47.1 Å². The van der Waals surface area contributed by atoms with Crippen LogP contribution in [0.5, 0.6) is 0 Å². The van der Waals surface area contributed by atoms with E-state index in [1.165, 1.54) is 16.0 Å². The van der Waals surface area contributed by atoms with Gasteiger partial charge in [-0.25, -0.2) is 0 Å². The second-order valence-corrected chi connectivity index (χ2v) is 8.00. The Hall–Kier alpha value is -2.60. The molecular weight excluding hydrogens is 400 g/mol. The monoisotopic (exact) mass is 425 g/mol. The molecule has 5 nitrogen and oxygen atoms in total. The number of nitrogens with one attached hydrogen (secondary N) is 1. The van der Waals surface area contributed by atoms with E-state index < -0.39 is 0 Å². The number of benzene rings is 2. The van der Waals surface area contributed by atoms with E-state index in [0.717, 1.165) is 23.9 Å². The van der Waals surface area contributed by atoms with Crippen molar-refractivity contribution in [3.05, 3.63) is 94.4 Å². The van der Waals surface area contributed by atoms with Crippen LogP contribution < -0.4 is 4.90 Å². The minimum Gasteiger partial charge on any atom is -0.450 e. The van der Waals surface area contributed by atoms with Crippen LogP contribution in [0, 0.1) is 0 Å². The molecule has 6 heteroatoms. The molecule has 156 valence electrons. The summed E-state index contributed by atoms with van der Waals surface area (Å²) in [7, 11) is 0. The van der Waals surface area contributed by atoms with Gasteiger partial charge in [-0.2, -0.15) is 0 Å². The van der Waals surface area contributed by atoms with E-state index in [4.69, 9.17) is 20.8 Å². The molecule has 0 radical (unpaired) electrons. The van der Waals surface area contributed by atoms with Crippen LogP contribution in [-0.2, 0) is 24.4 Å². The Morgan fingerprint density at radius 3 is 2.23 bits per heavy atom. The van der Waals surface area contributed by atoms with Gasteiger partial charge < -0.3 is 19.0 Å². The van der Waals surface area contributed by atoms with E-state index in [1.807, 2.05) is 24.3 Å². The molecule has 1 aliphatic heterocycles. The second kappa shape index (κ2) is 9.94.